The van der Waals surface area contributed by atoms with Gasteiger partial charge in [0.15, 0.2) is 10.6 Å². The summed E-state index contributed by atoms with van der Waals surface area (Å²) in [5, 5.41) is 7.30. The Morgan fingerprint density at radius 2 is 1.85 bits per heavy atom. The Hall–Kier alpha value is -2.20. The van der Waals surface area contributed by atoms with Crippen LogP contribution in [0.25, 0.3) is 17.1 Å². The maximum atomic E-state index is 5.39. The third-order valence-electron chi connectivity index (χ3n) is 3.32. The van der Waals surface area contributed by atoms with Crippen LogP contribution in [0.1, 0.15) is 11.1 Å². The second kappa shape index (κ2) is 5.06. The van der Waals surface area contributed by atoms with Crippen LogP contribution < -0.4 is 0 Å². The Labute approximate surface area is 122 Å². The van der Waals surface area contributed by atoms with E-state index in [0.29, 0.717) is 4.77 Å². The quantitative estimate of drug-likeness (QED) is 0.714. The van der Waals surface area contributed by atoms with E-state index in [2.05, 4.69) is 48.3 Å². The predicted octanol–water partition coefficient (Wildman–Crippen LogP) is 4.21. The van der Waals surface area contributed by atoms with Crippen LogP contribution in [-0.4, -0.2) is 14.8 Å². The molecule has 0 saturated heterocycles. The molecule has 2 aromatic carbocycles. The van der Waals surface area contributed by atoms with Crippen LogP contribution in [0.2, 0.25) is 0 Å². The average molecular weight is 281 g/mol. The van der Waals surface area contributed by atoms with E-state index in [0.717, 1.165) is 17.1 Å². The van der Waals surface area contributed by atoms with E-state index in [1.54, 1.807) is 0 Å². The van der Waals surface area contributed by atoms with E-state index in [9.17, 15) is 0 Å². The molecule has 0 fully saturated rings. The highest BCUT2D eigenvalue weighted by Gasteiger charge is 2.12. The Balaban J connectivity index is 2.26. The van der Waals surface area contributed by atoms with E-state index in [4.69, 9.17) is 12.2 Å². The molecule has 0 aliphatic heterocycles. The lowest BCUT2D eigenvalue weighted by atomic mass is 10.1. The molecule has 1 N–H and O–H groups in total. The Kier molecular flexibility index (Phi) is 3.24. The minimum Gasteiger partial charge on any atom is -0.268 e. The summed E-state index contributed by atoms with van der Waals surface area (Å²) in [6.07, 6.45) is 0. The van der Waals surface area contributed by atoms with E-state index >= 15 is 0 Å². The number of nitrogens with zero attached hydrogens (tertiary/aromatic N) is 2. The summed E-state index contributed by atoms with van der Waals surface area (Å²) in [5.74, 6) is 0.846. The monoisotopic (exact) mass is 281 g/mol. The third kappa shape index (κ3) is 2.18. The molecule has 0 atom stereocenters. The number of benzene rings is 2. The Morgan fingerprint density at radius 3 is 2.60 bits per heavy atom. The largest absolute Gasteiger partial charge is 0.268 e. The van der Waals surface area contributed by atoms with Gasteiger partial charge in [-0.05, 0) is 49.3 Å². The number of rotatable bonds is 2. The van der Waals surface area contributed by atoms with Gasteiger partial charge in [0.2, 0.25) is 0 Å². The summed E-state index contributed by atoms with van der Waals surface area (Å²) in [5.41, 5.74) is 4.49. The number of hydrogen-bond donors (Lipinski definition) is 1. The van der Waals surface area contributed by atoms with Gasteiger partial charge in [-0.15, -0.1) is 0 Å². The number of aryl methyl sites for hydroxylation is 2. The fourth-order valence-electron chi connectivity index (χ4n) is 2.31. The number of H-pyrrole nitrogens is 1. The predicted molar refractivity (Wildman–Crippen MR) is 83.7 cm³/mol. The van der Waals surface area contributed by atoms with Crippen molar-refractivity contribution in [1.29, 1.82) is 0 Å². The Bertz CT molecular complexity index is 814. The van der Waals surface area contributed by atoms with Crippen LogP contribution >= 0.6 is 12.2 Å². The van der Waals surface area contributed by atoms with E-state index < -0.39 is 0 Å². The van der Waals surface area contributed by atoms with Gasteiger partial charge >= 0.3 is 0 Å². The van der Waals surface area contributed by atoms with Crippen molar-refractivity contribution < 1.29 is 0 Å². The summed E-state index contributed by atoms with van der Waals surface area (Å²) in [4.78, 5) is 0. The highest BCUT2D eigenvalue weighted by atomic mass is 32.1. The molecule has 0 saturated carbocycles. The van der Waals surface area contributed by atoms with Crippen molar-refractivity contribution in [1.82, 2.24) is 14.8 Å². The van der Waals surface area contributed by atoms with Gasteiger partial charge in [0.05, 0.1) is 5.69 Å². The molecule has 0 amide bonds. The van der Waals surface area contributed by atoms with Crippen LogP contribution in [0.15, 0.2) is 48.5 Å². The number of nitrogens with one attached hydrogen (secondary N) is 1. The van der Waals surface area contributed by atoms with E-state index in [-0.39, 0.29) is 0 Å². The number of aromatic amines is 1. The molecule has 0 aliphatic carbocycles. The highest BCUT2D eigenvalue weighted by Crippen LogP contribution is 2.24. The molecule has 3 aromatic rings. The van der Waals surface area contributed by atoms with Crippen LogP contribution in [0.3, 0.4) is 0 Å². The molecular weight excluding hydrogens is 266 g/mol. The third-order valence-corrected chi connectivity index (χ3v) is 3.59. The fourth-order valence-corrected chi connectivity index (χ4v) is 2.55. The van der Waals surface area contributed by atoms with E-state index in [1.807, 2.05) is 28.8 Å². The first-order valence-corrected chi connectivity index (χ1v) is 6.88. The molecule has 1 heterocycles. The van der Waals surface area contributed by atoms with Crippen molar-refractivity contribution in [2.24, 2.45) is 0 Å². The maximum Gasteiger partial charge on any atom is 0.200 e. The lowest BCUT2D eigenvalue weighted by Crippen LogP contribution is -1.99. The normalized spacial score (nSPS) is 10.7. The standard InChI is InChI=1S/C16H15N3S/c1-11-6-5-8-13(10-11)19-15(17-18-16(19)20)14-9-4-3-7-12(14)2/h3-10H,1-2H3,(H,18,20). The first-order chi connectivity index (χ1) is 9.66. The molecule has 0 unspecified atom stereocenters. The van der Waals surface area contributed by atoms with Crippen molar-refractivity contribution in [2.75, 3.05) is 0 Å². The molecule has 100 valence electrons. The summed E-state index contributed by atoms with van der Waals surface area (Å²) in [6, 6.07) is 16.4. The second-order valence-electron chi connectivity index (χ2n) is 4.84. The topological polar surface area (TPSA) is 33.6 Å². The maximum absolute atomic E-state index is 5.39. The molecule has 0 spiro atoms. The lowest BCUT2D eigenvalue weighted by Gasteiger charge is -2.09. The summed E-state index contributed by atoms with van der Waals surface area (Å²) < 4.78 is 2.58. The van der Waals surface area contributed by atoms with Crippen LogP contribution in [-0.2, 0) is 0 Å². The van der Waals surface area contributed by atoms with Crippen molar-refractivity contribution in [2.45, 2.75) is 13.8 Å². The van der Waals surface area contributed by atoms with Gasteiger partial charge in [-0.2, -0.15) is 5.10 Å². The molecule has 0 aliphatic rings. The molecule has 0 bridgehead atoms. The van der Waals surface area contributed by atoms with Crippen molar-refractivity contribution in [3.8, 4) is 17.1 Å². The summed E-state index contributed by atoms with van der Waals surface area (Å²) in [7, 11) is 0. The van der Waals surface area contributed by atoms with Gasteiger partial charge in [0.25, 0.3) is 0 Å². The first kappa shape index (κ1) is 12.8. The van der Waals surface area contributed by atoms with Gasteiger partial charge in [0.1, 0.15) is 0 Å². The van der Waals surface area contributed by atoms with Gasteiger partial charge in [-0.3, -0.25) is 9.67 Å². The minimum absolute atomic E-state index is 0.605. The van der Waals surface area contributed by atoms with Crippen molar-refractivity contribution in [3.63, 3.8) is 0 Å². The summed E-state index contributed by atoms with van der Waals surface area (Å²) >= 11 is 5.39. The molecule has 20 heavy (non-hydrogen) atoms. The number of aromatic nitrogens is 3. The van der Waals surface area contributed by atoms with E-state index in [1.165, 1.54) is 11.1 Å². The van der Waals surface area contributed by atoms with Gasteiger partial charge in [0, 0.05) is 5.56 Å². The SMILES string of the molecule is Cc1cccc(-n2c(-c3ccccc3C)n[nH]c2=S)c1. The van der Waals surface area contributed by atoms with Gasteiger partial charge in [-0.25, -0.2) is 0 Å². The zero-order valence-electron chi connectivity index (χ0n) is 11.4. The molecule has 3 rings (SSSR count). The summed E-state index contributed by atoms with van der Waals surface area (Å²) in [6.45, 7) is 4.15. The first-order valence-electron chi connectivity index (χ1n) is 6.47. The van der Waals surface area contributed by atoms with Gasteiger partial charge < -0.3 is 0 Å². The molecule has 3 nitrogen and oxygen atoms in total. The molecule has 4 heteroatoms. The average Bonchev–Trinajstić information content (AvgIpc) is 2.81. The lowest BCUT2D eigenvalue weighted by molar-refractivity contribution is 1.03. The van der Waals surface area contributed by atoms with Crippen molar-refractivity contribution in [3.05, 3.63) is 64.4 Å². The fraction of sp³-hybridized carbons (Fsp3) is 0.125. The smallest absolute Gasteiger partial charge is 0.200 e. The zero-order valence-corrected chi connectivity index (χ0v) is 12.2. The van der Waals surface area contributed by atoms with Crippen LogP contribution in [0.4, 0.5) is 0 Å². The van der Waals surface area contributed by atoms with Crippen LogP contribution in [0.5, 0.6) is 0 Å². The van der Waals surface area contributed by atoms with Crippen LogP contribution in [0, 0.1) is 18.6 Å². The molecule has 0 radical (unpaired) electrons. The highest BCUT2D eigenvalue weighted by molar-refractivity contribution is 7.71. The zero-order chi connectivity index (χ0) is 14.1. The van der Waals surface area contributed by atoms with Crippen molar-refractivity contribution >= 4 is 12.2 Å². The molecule has 1 aromatic heterocycles. The molecular formula is C16H15N3S. The minimum atomic E-state index is 0.605. The Morgan fingerprint density at radius 1 is 1.05 bits per heavy atom. The number of hydrogen-bond acceptors (Lipinski definition) is 2. The van der Waals surface area contributed by atoms with Gasteiger partial charge in [-0.1, -0.05) is 36.4 Å². The second-order valence-corrected chi connectivity index (χ2v) is 5.23.